The third-order valence-electron chi connectivity index (χ3n) is 5.40. The fraction of sp³-hybridized carbons (Fsp3) is 0.381. The Hall–Kier alpha value is -2.34. The molecule has 0 fully saturated rings. The van der Waals surface area contributed by atoms with Crippen LogP contribution in [-0.2, 0) is 27.7 Å². The van der Waals surface area contributed by atoms with E-state index in [4.69, 9.17) is 0 Å². The van der Waals surface area contributed by atoms with Gasteiger partial charge in [-0.05, 0) is 74.4 Å². The topological polar surface area (TPSA) is 66.5 Å². The van der Waals surface area contributed by atoms with Gasteiger partial charge in [-0.2, -0.15) is 0 Å². The number of carbonyl (C=O) groups excluding carboxylic acids is 1. The second-order valence-electron chi connectivity index (χ2n) is 7.63. The van der Waals surface area contributed by atoms with Crippen LogP contribution in [0.15, 0.2) is 29.2 Å². The summed E-state index contributed by atoms with van der Waals surface area (Å²) in [4.78, 5) is 14.4. The second-order valence-corrected chi connectivity index (χ2v) is 9.24. The maximum absolute atomic E-state index is 13.1. The molecule has 0 unspecified atom stereocenters. The summed E-state index contributed by atoms with van der Waals surface area (Å²) in [6.45, 7) is 6.38. The summed E-state index contributed by atoms with van der Waals surface area (Å²) in [5, 5.41) is 0. The molecule has 0 atom stereocenters. The molecular weight excluding hydrogens is 360 g/mol. The van der Waals surface area contributed by atoms with Crippen LogP contribution >= 0.6 is 0 Å². The molecule has 2 aromatic carbocycles. The molecule has 0 radical (unpaired) electrons. The number of anilines is 2. The van der Waals surface area contributed by atoms with E-state index in [1.165, 1.54) is 0 Å². The fourth-order valence-electron chi connectivity index (χ4n) is 4.51. The van der Waals surface area contributed by atoms with Crippen LogP contribution in [-0.4, -0.2) is 20.9 Å². The van der Waals surface area contributed by atoms with Crippen LogP contribution in [0.3, 0.4) is 0 Å². The van der Waals surface area contributed by atoms with Gasteiger partial charge in [-0.25, -0.2) is 8.42 Å². The highest BCUT2D eigenvalue weighted by atomic mass is 32.2. The maximum Gasteiger partial charge on any atom is 0.262 e. The van der Waals surface area contributed by atoms with Gasteiger partial charge < -0.3 is 4.90 Å². The number of hydrogen-bond acceptors (Lipinski definition) is 3. The first-order chi connectivity index (χ1) is 12.8. The smallest absolute Gasteiger partial charge is 0.262 e. The van der Waals surface area contributed by atoms with Crippen molar-refractivity contribution >= 4 is 27.3 Å². The van der Waals surface area contributed by atoms with Crippen LogP contribution in [0.2, 0.25) is 0 Å². The van der Waals surface area contributed by atoms with E-state index in [9.17, 15) is 13.2 Å². The molecule has 6 heteroatoms. The first kappa shape index (κ1) is 18.0. The van der Waals surface area contributed by atoms with Crippen molar-refractivity contribution in [3.63, 3.8) is 0 Å². The number of rotatable bonds is 3. The molecule has 27 heavy (non-hydrogen) atoms. The highest BCUT2D eigenvalue weighted by Crippen LogP contribution is 2.38. The molecule has 0 aliphatic carbocycles. The molecule has 0 saturated heterocycles. The summed E-state index contributed by atoms with van der Waals surface area (Å²) >= 11 is 0. The highest BCUT2D eigenvalue weighted by Gasteiger charge is 2.30. The summed E-state index contributed by atoms with van der Waals surface area (Å²) in [5.74, 6) is 0.169. The largest absolute Gasteiger partial charge is 0.312 e. The molecule has 142 valence electrons. The minimum Gasteiger partial charge on any atom is -0.312 e. The zero-order valence-corrected chi connectivity index (χ0v) is 16.7. The summed E-state index contributed by atoms with van der Waals surface area (Å²) in [6.07, 6.45) is 2.92. The van der Waals surface area contributed by atoms with E-state index in [-0.39, 0.29) is 5.91 Å². The molecule has 1 N–H and O–H groups in total. The van der Waals surface area contributed by atoms with Crippen molar-refractivity contribution in [3.05, 3.63) is 52.1 Å². The van der Waals surface area contributed by atoms with Crippen LogP contribution in [0, 0.1) is 20.8 Å². The van der Waals surface area contributed by atoms with Gasteiger partial charge in [-0.3, -0.25) is 9.52 Å². The summed E-state index contributed by atoms with van der Waals surface area (Å²) in [5.41, 5.74) is 6.24. The summed E-state index contributed by atoms with van der Waals surface area (Å²) in [7, 11) is -3.68. The molecule has 4 rings (SSSR count). The maximum atomic E-state index is 13.1. The Morgan fingerprint density at radius 2 is 1.56 bits per heavy atom. The summed E-state index contributed by atoms with van der Waals surface area (Å²) in [6, 6.07) is 7.56. The molecule has 2 aliphatic heterocycles. The van der Waals surface area contributed by atoms with E-state index < -0.39 is 10.0 Å². The third kappa shape index (κ3) is 3.12. The molecule has 2 heterocycles. The molecule has 1 amide bonds. The third-order valence-corrected chi connectivity index (χ3v) is 7.09. The van der Waals surface area contributed by atoms with Crippen LogP contribution in [0.25, 0.3) is 0 Å². The number of amides is 1. The highest BCUT2D eigenvalue weighted by molar-refractivity contribution is 7.92. The average molecular weight is 385 g/mol. The molecule has 2 aromatic rings. The lowest BCUT2D eigenvalue weighted by Gasteiger charge is -2.35. The van der Waals surface area contributed by atoms with E-state index in [1.807, 2.05) is 49.9 Å². The number of benzene rings is 2. The van der Waals surface area contributed by atoms with E-state index in [2.05, 4.69) is 4.72 Å². The van der Waals surface area contributed by atoms with Crippen molar-refractivity contribution in [2.75, 3.05) is 16.2 Å². The molecule has 0 bridgehead atoms. The minimum absolute atomic E-state index is 0.169. The van der Waals surface area contributed by atoms with Crippen molar-refractivity contribution < 1.29 is 13.2 Å². The molecular formula is C21H24N2O3S. The predicted molar refractivity (Wildman–Crippen MR) is 107 cm³/mol. The van der Waals surface area contributed by atoms with Gasteiger partial charge in [0.25, 0.3) is 10.0 Å². The van der Waals surface area contributed by atoms with E-state index in [0.717, 1.165) is 52.9 Å². The van der Waals surface area contributed by atoms with Gasteiger partial charge in [0.2, 0.25) is 5.91 Å². The van der Waals surface area contributed by atoms with E-state index >= 15 is 0 Å². The SMILES string of the molecule is Cc1cc(C)c(S(=O)(=O)Nc2cc3c4c(c2)CCC(=O)N4CCC3)c(C)c1. The van der Waals surface area contributed by atoms with Crippen molar-refractivity contribution in [2.24, 2.45) is 0 Å². The minimum atomic E-state index is -3.68. The van der Waals surface area contributed by atoms with Gasteiger partial charge in [0, 0.05) is 18.7 Å². The van der Waals surface area contributed by atoms with E-state index in [1.54, 1.807) is 0 Å². The van der Waals surface area contributed by atoms with Crippen molar-refractivity contribution in [1.29, 1.82) is 0 Å². The van der Waals surface area contributed by atoms with Crippen molar-refractivity contribution in [1.82, 2.24) is 0 Å². The Balaban J connectivity index is 1.75. The van der Waals surface area contributed by atoms with Gasteiger partial charge in [0.15, 0.2) is 0 Å². The van der Waals surface area contributed by atoms with Gasteiger partial charge in [-0.15, -0.1) is 0 Å². The number of nitrogens with zero attached hydrogens (tertiary/aromatic N) is 1. The lowest BCUT2D eigenvalue weighted by molar-refractivity contribution is -0.119. The standard InChI is InChI=1S/C21H24N2O3S/c1-13-9-14(2)21(15(3)10-13)27(25,26)22-18-11-16-5-4-8-23-19(24)7-6-17(12-18)20(16)23/h9-12,22H,4-8H2,1-3H3. The van der Waals surface area contributed by atoms with Gasteiger partial charge in [0.05, 0.1) is 10.6 Å². The van der Waals surface area contributed by atoms with Gasteiger partial charge in [0.1, 0.15) is 0 Å². The number of hydrogen-bond donors (Lipinski definition) is 1. The number of nitrogens with one attached hydrogen (secondary N) is 1. The van der Waals surface area contributed by atoms with Crippen LogP contribution in [0.4, 0.5) is 11.4 Å². The predicted octanol–water partition coefficient (Wildman–Crippen LogP) is 3.64. The molecule has 2 aliphatic rings. The van der Waals surface area contributed by atoms with Gasteiger partial charge >= 0.3 is 0 Å². The van der Waals surface area contributed by atoms with Gasteiger partial charge in [-0.1, -0.05) is 17.7 Å². The Morgan fingerprint density at radius 3 is 2.22 bits per heavy atom. The monoisotopic (exact) mass is 384 g/mol. The lowest BCUT2D eigenvalue weighted by atomic mass is 9.91. The molecule has 0 spiro atoms. The first-order valence-electron chi connectivity index (χ1n) is 9.33. The number of carbonyl (C=O) groups is 1. The Morgan fingerprint density at radius 1 is 0.926 bits per heavy atom. The van der Waals surface area contributed by atoms with Crippen LogP contribution < -0.4 is 9.62 Å². The second kappa shape index (κ2) is 6.37. The first-order valence-corrected chi connectivity index (χ1v) is 10.8. The Labute approximate surface area is 160 Å². The Kier molecular flexibility index (Phi) is 4.26. The zero-order chi connectivity index (χ0) is 19.3. The van der Waals surface area contributed by atoms with Crippen molar-refractivity contribution in [3.8, 4) is 0 Å². The quantitative estimate of drug-likeness (QED) is 0.879. The summed E-state index contributed by atoms with van der Waals surface area (Å²) < 4.78 is 28.9. The fourth-order valence-corrected chi connectivity index (χ4v) is 6.00. The average Bonchev–Trinajstić information content (AvgIpc) is 2.56. The Bertz CT molecular complexity index is 1020. The van der Waals surface area contributed by atoms with E-state index in [0.29, 0.717) is 23.4 Å². The number of aryl methyl sites for hydroxylation is 5. The molecule has 0 aromatic heterocycles. The van der Waals surface area contributed by atoms with Crippen molar-refractivity contribution in [2.45, 2.75) is 51.3 Å². The molecule has 5 nitrogen and oxygen atoms in total. The zero-order valence-electron chi connectivity index (χ0n) is 15.9. The van der Waals surface area contributed by atoms with Crippen LogP contribution in [0.5, 0.6) is 0 Å². The lowest BCUT2D eigenvalue weighted by Crippen LogP contribution is -2.39. The normalized spacial score (nSPS) is 16.3. The molecule has 0 saturated carbocycles. The number of sulfonamides is 1. The van der Waals surface area contributed by atoms with Crippen LogP contribution in [0.1, 0.15) is 40.7 Å².